The second-order valence-corrected chi connectivity index (χ2v) is 5.02. The molecule has 1 unspecified atom stereocenters. The van der Waals surface area contributed by atoms with Gasteiger partial charge in [-0.1, -0.05) is 12.1 Å². The van der Waals surface area contributed by atoms with Crippen LogP contribution in [0.15, 0.2) is 30.3 Å². The molecule has 114 valence electrons. The number of hydrogen-bond donors (Lipinski definition) is 1. The van der Waals surface area contributed by atoms with E-state index in [0.29, 0.717) is 13.2 Å². The summed E-state index contributed by atoms with van der Waals surface area (Å²) in [6.45, 7) is 2.97. The number of benzene rings is 1. The minimum Gasteiger partial charge on any atom is -0.497 e. The number of carbonyl (C=O) groups is 1. The van der Waals surface area contributed by atoms with E-state index in [0.717, 1.165) is 24.4 Å². The van der Waals surface area contributed by atoms with Gasteiger partial charge < -0.3 is 19.7 Å². The van der Waals surface area contributed by atoms with Crippen molar-refractivity contribution >= 4 is 12.0 Å². The molecule has 1 aromatic carbocycles. The Morgan fingerprint density at radius 3 is 2.86 bits per heavy atom. The molecule has 0 radical (unpaired) electrons. The molecule has 21 heavy (non-hydrogen) atoms. The molecule has 1 saturated heterocycles. The molecule has 1 aromatic rings. The van der Waals surface area contributed by atoms with Crippen molar-refractivity contribution in [1.82, 2.24) is 10.2 Å². The lowest BCUT2D eigenvalue weighted by Gasteiger charge is -2.27. The SMILES string of the molecule is COc1ccc(/C=C/C(=O)N(C)CC2CNCCO2)cc1. The number of ether oxygens (including phenoxy) is 2. The Labute approximate surface area is 125 Å². The van der Waals surface area contributed by atoms with Crippen molar-refractivity contribution in [2.24, 2.45) is 0 Å². The molecule has 0 aliphatic carbocycles. The van der Waals surface area contributed by atoms with Gasteiger partial charge in [-0.2, -0.15) is 0 Å². The number of nitrogens with one attached hydrogen (secondary N) is 1. The first-order valence-corrected chi connectivity index (χ1v) is 7.08. The summed E-state index contributed by atoms with van der Waals surface area (Å²) in [7, 11) is 3.42. The first-order chi connectivity index (χ1) is 10.2. The van der Waals surface area contributed by atoms with Gasteiger partial charge in [-0.25, -0.2) is 0 Å². The van der Waals surface area contributed by atoms with Crippen molar-refractivity contribution in [1.29, 1.82) is 0 Å². The summed E-state index contributed by atoms with van der Waals surface area (Å²) in [6.07, 6.45) is 3.46. The lowest BCUT2D eigenvalue weighted by Crippen LogP contribution is -2.45. The minimum absolute atomic E-state index is 0.0278. The van der Waals surface area contributed by atoms with Gasteiger partial charge in [0, 0.05) is 32.8 Å². The molecule has 5 nitrogen and oxygen atoms in total. The summed E-state index contributed by atoms with van der Waals surface area (Å²) in [4.78, 5) is 13.7. The summed E-state index contributed by atoms with van der Waals surface area (Å²) in [5, 5.41) is 3.25. The Morgan fingerprint density at radius 1 is 1.48 bits per heavy atom. The van der Waals surface area contributed by atoms with Crippen LogP contribution in [0.4, 0.5) is 0 Å². The fourth-order valence-corrected chi connectivity index (χ4v) is 2.14. The van der Waals surface area contributed by atoms with E-state index in [9.17, 15) is 4.79 Å². The molecule has 0 bridgehead atoms. The monoisotopic (exact) mass is 290 g/mol. The predicted molar refractivity (Wildman–Crippen MR) is 82.3 cm³/mol. The number of rotatable bonds is 5. The van der Waals surface area contributed by atoms with Gasteiger partial charge in [-0.15, -0.1) is 0 Å². The first kappa shape index (κ1) is 15.5. The average Bonchev–Trinajstić information content (AvgIpc) is 2.54. The van der Waals surface area contributed by atoms with E-state index in [1.54, 1.807) is 31.2 Å². The van der Waals surface area contributed by atoms with E-state index >= 15 is 0 Å². The van der Waals surface area contributed by atoms with Crippen LogP contribution in [0.5, 0.6) is 5.75 Å². The van der Waals surface area contributed by atoms with E-state index < -0.39 is 0 Å². The van der Waals surface area contributed by atoms with Gasteiger partial charge in [-0.3, -0.25) is 4.79 Å². The molecule has 0 spiro atoms. The van der Waals surface area contributed by atoms with Gasteiger partial charge in [0.05, 0.1) is 19.8 Å². The van der Waals surface area contributed by atoms with Crippen molar-refractivity contribution in [3.05, 3.63) is 35.9 Å². The van der Waals surface area contributed by atoms with Crippen molar-refractivity contribution in [2.45, 2.75) is 6.10 Å². The Balaban J connectivity index is 1.85. The fraction of sp³-hybridized carbons (Fsp3) is 0.438. The number of hydrogen-bond acceptors (Lipinski definition) is 4. The molecule has 1 aliphatic rings. The van der Waals surface area contributed by atoms with Gasteiger partial charge in [0.1, 0.15) is 5.75 Å². The van der Waals surface area contributed by atoms with Crippen molar-refractivity contribution in [3.63, 3.8) is 0 Å². The number of morpholine rings is 1. The van der Waals surface area contributed by atoms with Crippen LogP contribution in [-0.2, 0) is 9.53 Å². The third kappa shape index (κ3) is 4.88. The maximum atomic E-state index is 12.1. The number of methoxy groups -OCH3 is 1. The van der Waals surface area contributed by atoms with Crippen LogP contribution in [0.1, 0.15) is 5.56 Å². The number of carbonyl (C=O) groups excluding carboxylic acids is 1. The predicted octanol–water partition coefficient (Wildman–Crippen LogP) is 1.16. The molecule has 2 rings (SSSR count). The zero-order valence-electron chi connectivity index (χ0n) is 12.5. The Hall–Kier alpha value is -1.85. The largest absolute Gasteiger partial charge is 0.497 e. The zero-order chi connectivity index (χ0) is 15.1. The van der Waals surface area contributed by atoms with E-state index in [1.165, 1.54) is 0 Å². The van der Waals surface area contributed by atoms with E-state index in [2.05, 4.69) is 5.32 Å². The maximum Gasteiger partial charge on any atom is 0.246 e. The Bertz CT molecular complexity index is 479. The smallest absolute Gasteiger partial charge is 0.246 e. The Kier molecular flexibility index (Phi) is 5.78. The summed E-state index contributed by atoms with van der Waals surface area (Å²) in [5.41, 5.74) is 0.966. The number of nitrogens with zero attached hydrogens (tertiary/aromatic N) is 1. The zero-order valence-corrected chi connectivity index (χ0v) is 12.5. The van der Waals surface area contributed by atoms with Gasteiger partial charge in [0.15, 0.2) is 0 Å². The molecule has 1 aliphatic heterocycles. The average molecular weight is 290 g/mol. The highest BCUT2D eigenvalue weighted by molar-refractivity contribution is 5.91. The quantitative estimate of drug-likeness (QED) is 0.827. The third-order valence-corrected chi connectivity index (χ3v) is 3.39. The molecular weight excluding hydrogens is 268 g/mol. The molecule has 1 heterocycles. The van der Waals surface area contributed by atoms with Crippen LogP contribution >= 0.6 is 0 Å². The van der Waals surface area contributed by atoms with Crippen LogP contribution in [0, 0.1) is 0 Å². The maximum absolute atomic E-state index is 12.1. The lowest BCUT2D eigenvalue weighted by molar-refractivity contribution is -0.126. The van der Waals surface area contributed by atoms with E-state index in [-0.39, 0.29) is 12.0 Å². The molecule has 0 aromatic heterocycles. The molecule has 5 heteroatoms. The van der Waals surface area contributed by atoms with Crippen LogP contribution < -0.4 is 10.1 Å². The van der Waals surface area contributed by atoms with Crippen LogP contribution in [0.2, 0.25) is 0 Å². The van der Waals surface area contributed by atoms with Gasteiger partial charge in [0.2, 0.25) is 5.91 Å². The highest BCUT2D eigenvalue weighted by Gasteiger charge is 2.17. The van der Waals surface area contributed by atoms with E-state index in [4.69, 9.17) is 9.47 Å². The van der Waals surface area contributed by atoms with Gasteiger partial charge in [0.25, 0.3) is 0 Å². The topological polar surface area (TPSA) is 50.8 Å². The van der Waals surface area contributed by atoms with Crippen molar-refractivity contribution < 1.29 is 14.3 Å². The molecule has 0 saturated carbocycles. The lowest BCUT2D eigenvalue weighted by atomic mass is 10.2. The highest BCUT2D eigenvalue weighted by atomic mass is 16.5. The van der Waals surface area contributed by atoms with Crippen molar-refractivity contribution in [3.8, 4) is 5.75 Å². The molecule has 1 atom stereocenters. The van der Waals surface area contributed by atoms with Crippen LogP contribution in [-0.4, -0.2) is 57.3 Å². The van der Waals surface area contributed by atoms with E-state index in [1.807, 2.05) is 24.3 Å². The number of amides is 1. The Morgan fingerprint density at radius 2 is 2.24 bits per heavy atom. The molecule has 1 fully saturated rings. The summed E-state index contributed by atoms with van der Waals surface area (Å²) < 4.78 is 10.7. The summed E-state index contributed by atoms with van der Waals surface area (Å²) in [6, 6.07) is 7.57. The van der Waals surface area contributed by atoms with Crippen LogP contribution in [0.25, 0.3) is 6.08 Å². The number of likely N-dealkylation sites (N-methyl/N-ethyl adjacent to an activating group) is 1. The molecular formula is C16H22N2O3. The second kappa shape index (κ2) is 7.81. The fourth-order valence-electron chi connectivity index (χ4n) is 2.14. The van der Waals surface area contributed by atoms with Gasteiger partial charge >= 0.3 is 0 Å². The summed E-state index contributed by atoms with van der Waals surface area (Å²) >= 11 is 0. The highest BCUT2D eigenvalue weighted by Crippen LogP contribution is 2.12. The molecule has 1 N–H and O–H groups in total. The minimum atomic E-state index is -0.0278. The molecule has 1 amide bonds. The standard InChI is InChI=1S/C16H22N2O3/c1-18(12-15-11-17-9-10-21-15)16(19)8-5-13-3-6-14(20-2)7-4-13/h3-8,15,17H,9-12H2,1-2H3/b8-5+. The third-order valence-electron chi connectivity index (χ3n) is 3.39. The second-order valence-electron chi connectivity index (χ2n) is 5.02. The van der Waals surface area contributed by atoms with Crippen molar-refractivity contribution in [2.75, 3.05) is 40.4 Å². The van der Waals surface area contributed by atoms with Crippen LogP contribution in [0.3, 0.4) is 0 Å². The first-order valence-electron chi connectivity index (χ1n) is 7.08. The summed E-state index contributed by atoms with van der Waals surface area (Å²) in [5.74, 6) is 0.775. The van der Waals surface area contributed by atoms with Gasteiger partial charge in [-0.05, 0) is 23.8 Å². The normalized spacial score (nSPS) is 18.7.